The van der Waals surface area contributed by atoms with Crippen LogP contribution in [0.25, 0.3) is 0 Å². The van der Waals surface area contributed by atoms with Gasteiger partial charge in [-0.3, -0.25) is 14.4 Å². The molecule has 1 aliphatic carbocycles. The summed E-state index contributed by atoms with van der Waals surface area (Å²) >= 11 is 0. The number of piperazine rings is 1. The van der Waals surface area contributed by atoms with Crippen molar-refractivity contribution in [1.82, 2.24) is 15.1 Å². The maximum atomic E-state index is 11.8. The van der Waals surface area contributed by atoms with Gasteiger partial charge in [0.25, 0.3) is 0 Å². The van der Waals surface area contributed by atoms with Gasteiger partial charge < -0.3 is 15.1 Å². The van der Waals surface area contributed by atoms with Gasteiger partial charge >= 0.3 is 0 Å². The topological polar surface area (TPSA) is 69.7 Å². The first-order chi connectivity index (χ1) is 8.70. The molecule has 1 heterocycles. The second-order valence-corrected chi connectivity index (χ2v) is 4.87. The standard InChI is InChI=1S/C12H19N3O3/c16-9-14-4-6-15(7-5-14)11(17)8-13-12(18)10-2-1-3-10/h9-10H,1-8H2,(H,13,18). The molecular formula is C12H19N3O3. The van der Waals surface area contributed by atoms with Gasteiger partial charge in [0.05, 0.1) is 6.54 Å². The average Bonchev–Trinajstić information content (AvgIpc) is 2.34. The van der Waals surface area contributed by atoms with E-state index in [0.717, 1.165) is 25.7 Å². The summed E-state index contributed by atoms with van der Waals surface area (Å²) < 4.78 is 0. The van der Waals surface area contributed by atoms with Gasteiger partial charge in [-0.1, -0.05) is 6.42 Å². The molecule has 1 saturated carbocycles. The molecule has 6 heteroatoms. The second-order valence-electron chi connectivity index (χ2n) is 4.87. The zero-order valence-electron chi connectivity index (χ0n) is 10.4. The number of carbonyl (C=O) groups excluding carboxylic acids is 3. The third-order valence-corrected chi connectivity index (χ3v) is 3.71. The van der Waals surface area contributed by atoms with E-state index in [9.17, 15) is 14.4 Å². The summed E-state index contributed by atoms with van der Waals surface area (Å²) in [7, 11) is 0. The molecular weight excluding hydrogens is 234 g/mol. The van der Waals surface area contributed by atoms with Gasteiger partial charge in [-0.2, -0.15) is 0 Å². The van der Waals surface area contributed by atoms with Crippen LogP contribution < -0.4 is 5.32 Å². The molecule has 6 nitrogen and oxygen atoms in total. The molecule has 0 aromatic rings. The number of hydrogen-bond donors (Lipinski definition) is 1. The lowest BCUT2D eigenvalue weighted by Crippen LogP contribution is -2.51. The molecule has 2 aliphatic rings. The van der Waals surface area contributed by atoms with Crippen molar-refractivity contribution in [3.63, 3.8) is 0 Å². The van der Waals surface area contributed by atoms with Crippen LogP contribution in [-0.4, -0.2) is 60.7 Å². The van der Waals surface area contributed by atoms with Crippen molar-refractivity contribution in [2.45, 2.75) is 19.3 Å². The van der Waals surface area contributed by atoms with Crippen molar-refractivity contribution in [3.8, 4) is 0 Å². The lowest BCUT2D eigenvalue weighted by Gasteiger charge is -2.33. The van der Waals surface area contributed by atoms with Gasteiger partial charge in [-0.15, -0.1) is 0 Å². The molecule has 2 rings (SSSR count). The van der Waals surface area contributed by atoms with E-state index in [1.165, 1.54) is 0 Å². The predicted molar refractivity (Wildman–Crippen MR) is 64.6 cm³/mol. The van der Waals surface area contributed by atoms with Gasteiger partial charge in [-0.25, -0.2) is 0 Å². The fraction of sp³-hybridized carbons (Fsp3) is 0.750. The highest BCUT2D eigenvalue weighted by Gasteiger charge is 2.26. The maximum Gasteiger partial charge on any atom is 0.242 e. The third-order valence-electron chi connectivity index (χ3n) is 3.71. The zero-order chi connectivity index (χ0) is 13.0. The lowest BCUT2D eigenvalue weighted by atomic mass is 9.85. The van der Waals surface area contributed by atoms with Crippen LogP contribution in [0.5, 0.6) is 0 Å². The Labute approximate surface area is 106 Å². The van der Waals surface area contributed by atoms with E-state index in [-0.39, 0.29) is 24.3 Å². The fourth-order valence-corrected chi connectivity index (χ4v) is 2.17. The van der Waals surface area contributed by atoms with Crippen LogP contribution in [-0.2, 0) is 14.4 Å². The highest BCUT2D eigenvalue weighted by Crippen LogP contribution is 2.25. The first-order valence-electron chi connectivity index (χ1n) is 6.45. The van der Waals surface area contributed by atoms with Crippen LogP contribution in [0.15, 0.2) is 0 Å². The Morgan fingerprint density at radius 2 is 1.83 bits per heavy atom. The molecule has 3 amide bonds. The minimum atomic E-state index is -0.0618. The van der Waals surface area contributed by atoms with Crippen LogP contribution in [0.4, 0.5) is 0 Å². The van der Waals surface area contributed by atoms with Crippen molar-refractivity contribution >= 4 is 18.2 Å². The molecule has 1 N–H and O–H groups in total. The van der Waals surface area contributed by atoms with Crippen molar-refractivity contribution in [2.75, 3.05) is 32.7 Å². The largest absolute Gasteiger partial charge is 0.347 e. The molecule has 100 valence electrons. The highest BCUT2D eigenvalue weighted by molar-refractivity contribution is 5.86. The number of nitrogens with one attached hydrogen (secondary N) is 1. The SMILES string of the molecule is O=CN1CCN(C(=O)CNC(=O)C2CCC2)CC1. The molecule has 1 aliphatic heterocycles. The Morgan fingerprint density at radius 3 is 2.33 bits per heavy atom. The van der Waals surface area contributed by atoms with E-state index in [0.29, 0.717) is 26.2 Å². The number of carbonyl (C=O) groups is 3. The molecule has 0 atom stereocenters. The van der Waals surface area contributed by atoms with Crippen LogP contribution in [0.3, 0.4) is 0 Å². The second kappa shape index (κ2) is 5.84. The molecule has 0 radical (unpaired) electrons. The minimum Gasteiger partial charge on any atom is -0.347 e. The summed E-state index contributed by atoms with van der Waals surface area (Å²) in [5, 5.41) is 2.69. The molecule has 0 spiro atoms. The van der Waals surface area contributed by atoms with E-state index in [4.69, 9.17) is 0 Å². The number of amides is 3. The van der Waals surface area contributed by atoms with Gasteiger partial charge in [-0.05, 0) is 12.8 Å². The minimum absolute atomic E-state index is 0.00104. The molecule has 0 bridgehead atoms. The molecule has 0 unspecified atom stereocenters. The normalized spacial score (nSPS) is 20.2. The number of nitrogens with zero attached hydrogens (tertiary/aromatic N) is 2. The van der Waals surface area contributed by atoms with Crippen LogP contribution in [0.1, 0.15) is 19.3 Å². The Kier molecular flexibility index (Phi) is 4.17. The Morgan fingerprint density at radius 1 is 1.17 bits per heavy atom. The smallest absolute Gasteiger partial charge is 0.242 e. The van der Waals surface area contributed by atoms with E-state index >= 15 is 0 Å². The van der Waals surface area contributed by atoms with E-state index < -0.39 is 0 Å². The Balaban J connectivity index is 1.68. The van der Waals surface area contributed by atoms with Crippen LogP contribution >= 0.6 is 0 Å². The summed E-state index contributed by atoms with van der Waals surface area (Å²) in [6.07, 6.45) is 3.80. The highest BCUT2D eigenvalue weighted by atomic mass is 16.2. The van der Waals surface area contributed by atoms with Gasteiger partial charge in [0, 0.05) is 32.1 Å². The third kappa shape index (κ3) is 3.00. The maximum absolute atomic E-state index is 11.8. The lowest BCUT2D eigenvalue weighted by molar-refractivity contribution is -0.137. The molecule has 0 aromatic carbocycles. The quantitative estimate of drug-likeness (QED) is 0.667. The van der Waals surface area contributed by atoms with Gasteiger partial charge in [0.15, 0.2) is 0 Å². The number of rotatable bonds is 4. The van der Waals surface area contributed by atoms with Gasteiger partial charge in [0.2, 0.25) is 18.2 Å². The van der Waals surface area contributed by atoms with Crippen molar-refractivity contribution in [3.05, 3.63) is 0 Å². The molecule has 1 saturated heterocycles. The molecule has 18 heavy (non-hydrogen) atoms. The van der Waals surface area contributed by atoms with Crippen molar-refractivity contribution in [1.29, 1.82) is 0 Å². The first-order valence-corrected chi connectivity index (χ1v) is 6.45. The monoisotopic (exact) mass is 253 g/mol. The summed E-state index contributed by atoms with van der Waals surface area (Å²) in [6.45, 7) is 2.34. The molecule has 2 fully saturated rings. The van der Waals surface area contributed by atoms with E-state index in [2.05, 4.69) is 5.32 Å². The summed E-state index contributed by atoms with van der Waals surface area (Å²) in [6, 6.07) is 0. The van der Waals surface area contributed by atoms with Gasteiger partial charge in [0.1, 0.15) is 0 Å². The zero-order valence-corrected chi connectivity index (χ0v) is 10.4. The fourth-order valence-electron chi connectivity index (χ4n) is 2.17. The average molecular weight is 253 g/mol. The van der Waals surface area contributed by atoms with Crippen LogP contribution in [0, 0.1) is 5.92 Å². The van der Waals surface area contributed by atoms with Crippen molar-refractivity contribution in [2.24, 2.45) is 5.92 Å². The predicted octanol–water partition coefficient (Wildman–Crippen LogP) is -0.797. The first kappa shape index (κ1) is 12.9. The number of hydrogen-bond acceptors (Lipinski definition) is 3. The van der Waals surface area contributed by atoms with Crippen molar-refractivity contribution < 1.29 is 14.4 Å². The summed E-state index contributed by atoms with van der Waals surface area (Å²) in [4.78, 5) is 37.3. The van der Waals surface area contributed by atoms with E-state index in [1.807, 2.05) is 0 Å². The Hall–Kier alpha value is -1.59. The summed E-state index contributed by atoms with van der Waals surface area (Å²) in [5.41, 5.74) is 0. The van der Waals surface area contributed by atoms with Crippen LogP contribution in [0.2, 0.25) is 0 Å². The summed E-state index contributed by atoms with van der Waals surface area (Å²) in [5.74, 6) is 0.0547. The molecule has 0 aromatic heterocycles. The van der Waals surface area contributed by atoms with E-state index in [1.54, 1.807) is 9.80 Å². The Bertz CT molecular complexity index is 333.